The number of hydrogen-bond acceptors (Lipinski definition) is 2. The molecule has 1 aromatic rings. The number of hydrogen-bond donors (Lipinski definition) is 0. The van der Waals surface area contributed by atoms with Gasteiger partial charge in [0, 0.05) is 18.0 Å². The predicted molar refractivity (Wildman–Crippen MR) is 70.6 cm³/mol. The van der Waals surface area contributed by atoms with Crippen LogP contribution in [0.4, 0.5) is 0 Å². The molecule has 1 amide bonds. The van der Waals surface area contributed by atoms with Gasteiger partial charge in [-0.2, -0.15) is 0 Å². The van der Waals surface area contributed by atoms with Crippen molar-refractivity contribution in [3.05, 3.63) is 21.4 Å². The summed E-state index contributed by atoms with van der Waals surface area (Å²) in [7, 11) is 1.95. The van der Waals surface area contributed by atoms with Gasteiger partial charge in [-0.3, -0.25) is 4.79 Å². The van der Waals surface area contributed by atoms with Crippen molar-refractivity contribution >= 4 is 17.2 Å². The number of amides is 1. The molecule has 1 heterocycles. The molecule has 1 atom stereocenters. The quantitative estimate of drug-likeness (QED) is 0.806. The van der Waals surface area contributed by atoms with E-state index in [2.05, 4.69) is 13.0 Å². The fourth-order valence-corrected chi connectivity index (χ4v) is 3.92. The highest BCUT2D eigenvalue weighted by Crippen LogP contribution is 2.36. The van der Waals surface area contributed by atoms with Gasteiger partial charge in [-0.25, -0.2) is 0 Å². The van der Waals surface area contributed by atoms with Crippen molar-refractivity contribution in [3.63, 3.8) is 0 Å². The Balaban J connectivity index is 1.76. The van der Waals surface area contributed by atoms with Crippen LogP contribution < -0.4 is 0 Å². The SMILES string of the molecule is CC(C1CC1)N(C)C(=O)c1cc2c(s1)CCC2. The minimum Gasteiger partial charge on any atom is -0.338 e. The molecule has 1 aromatic heterocycles. The van der Waals surface area contributed by atoms with Crippen LogP contribution in [-0.2, 0) is 12.8 Å². The normalized spacial score (nSPS) is 20.1. The van der Waals surface area contributed by atoms with Gasteiger partial charge in [-0.1, -0.05) is 0 Å². The third-order valence-corrected chi connectivity index (χ3v) is 5.42. The summed E-state index contributed by atoms with van der Waals surface area (Å²) in [6.07, 6.45) is 6.19. The van der Waals surface area contributed by atoms with E-state index in [0.29, 0.717) is 6.04 Å². The zero-order valence-electron chi connectivity index (χ0n) is 10.5. The third-order valence-electron chi connectivity index (χ3n) is 4.19. The van der Waals surface area contributed by atoms with Gasteiger partial charge in [0.25, 0.3) is 5.91 Å². The van der Waals surface area contributed by atoms with E-state index in [-0.39, 0.29) is 5.91 Å². The molecule has 0 saturated heterocycles. The van der Waals surface area contributed by atoms with Crippen LogP contribution in [0.3, 0.4) is 0 Å². The van der Waals surface area contributed by atoms with Crippen LogP contribution in [0.25, 0.3) is 0 Å². The van der Waals surface area contributed by atoms with Crippen molar-refractivity contribution < 1.29 is 4.79 Å². The molecule has 17 heavy (non-hydrogen) atoms. The van der Waals surface area contributed by atoms with Crippen LogP contribution in [0.2, 0.25) is 0 Å². The number of thiophene rings is 1. The second kappa shape index (κ2) is 4.13. The minimum absolute atomic E-state index is 0.226. The van der Waals surface area contributed by atoms with Crippen molar-refractivity contribution in [1.29, 1.82) is 0 Å². The largest absolute Gasteiger partial charge is 0.338 e. The Morgan fingerprint density at radius 2 is 2.24 bits per heavy atom. The van der Waals surface area contributed by atoms with Crippen molar-refractivity contribution in [2.75, 3.05) is 7.05 Å². The molecular weight excluding hydrogens is 230 g/mol. The molecule has 3 rings (SSSR count). The summed E-state index contributed by atoms with van der Waals surface area (Å²) in [4.78, 5) is 16.7. The number of fused-ring (bicyclic) bond motifs is 1. The highest BCUT2D eigenvalue weighted by Gasteiger charge is 2.33. The van der Waals surface area contributed by atoms with E-state index in [9.17, 15) is 4.79 Å². The Bertz CT molecular complexity index is 426. The number of nitrogens with zero attached hydrogens (tertiary/aromatic N) is 1. The molecule has 1 unspecified atom stereocenters. The summed E-state index contributed by atoms with van der Waals surface area (Å²) in [5, 5.41) is 0. The molecule has 2 nitrogen and oxygen atoms in total. The predicted octanol–water partition coefficient (Wildman–Crippen LogP) is 3.11. The Morgan fingerprint density at radius 1 is 1.47 bits per heavy atom. The van der Waals surface area contributed by atoms with Crippen LogP contribution in [0, 0.1) is 5.92 Å². The summed E-state index contributed by atoms with van der Waals surface area (Å²) < 4.78 is 0. The lowest BCUT2D eigenvalue weighted by molar-refractivity contribution is 0.0732. The van der Waals surface area contributed by atoms with Crippen LogP contribution in [-0.4, -0.2) is 23.9 Å². The Hall–Kier alpha value is -0.830. The van der Waals surface area contributed by atoms with Gasteiger partial charge in [0.2, 0.25) is 0 Å². The number of carbonyl (C=O) groups excluding carboxylic acids is 1. The van der Waals surface area contributed by atoms with Crippen LogP contribution in [0.15, 0.2) is 6.07 Å². The molecule has 0 bridgehead atoms. The van der Waals surface area contributed by atoms with E-state index < -0.39 is 0 Å². The number of carbonyl (C=O) groups is 1. The van der Waals surface area contributed by atoms with E-state index in [4.69, 9.17) is 0 Å². The van der Waals surface area contributed by atoms with Gasteiger partial charge in [0.15, 0.2) is 0 Å². The molecule has 0 N–H and O–H groups in total. The van der Waals surface area contributed by atoms with Crippen LogP contribution in [0.1, 0.15) is 46.3 Å². The van der Waals surface area contributed by atoms with Gasteiger partial charge in [0.1, 0.15) is 0 Å². The first-order chi connectivity index (χ1) is 8.16. The van der Waals surface area contributed by atoms with E-state index in [1.54, 1.807) is 11.3 Å². The maximum atomic E-state index is 12.4. The van der Waals surface area contributed by atoms with Crippen LogP contribution in [0.5, 0.6) is 0 Å². The highest BCUT2D eigenvalue weighted by molar-refractivity contribution is 7.14. The van der Waals surface area contributed by atoms with Crippen molar-refractivity contribution in [2.45, 2.75) is 45.1 Å². The molecular formula is C14H19NOS. The molecule has 0 aromatic carbocycles. The molecule has 0 radical (unpaired) electrons. The van der Waals surface area contributed by atoms with E-state index >= 15 is 0 Å². The van der Waals surface area contributed by atoms with Gasteiger partial charge in [0.05, 0.1) is 4.88 Å². The van der Waals surface area contributed by atoms with Crippen LogP contribution >= 0.6 is 11.3 Å². The molecule has 0 aliphatic heterocycles. The summed E-state index contributed by atoms with van der Waals surface area (Å²) >= 11 is 1.72. The molecule has 3 heteroatoms. The lowest BCUT2D eigenvalue weighted by atomic mass is 10.2. The van der Waals surface area contributed by atoms with Gasteiger partial charge < -0.3 is 4.90 Å². The molecule has 1 saturated carbocycles. The molecule has 92 valence electrons. The van der Waals surface area contributed by atoms with Crippen molar-refractivity contribution in [1.82, 2.24) is 4.90 Å². The van der Waals surface area contributed by atoms with E-state index in [1.165, 1.54) is 42.5 Å². The maximum absolute atomic E-state index is 12.4. The van der Waals surface area contributed by atoms with Crippen molar-refractivity contribution in [2.24, 2.45) is 5.92 Å². The summed E-state index contributed by atoms with van der Waals surface area (Å²) in [5.41, 5.74) is 1.42. The van der Waals surface area contributed by atoms with E-state index in [0.717, 1.165) is 10.8 Å². The van der Waals surface area contributed by atoms with Gasteiger partial charge in [-0.15, -0.1) is 11.3 Å². The Kier molecular flexibility index (Phi) is 2.74. The second-order valence-electron chi connectivity index (χ2n) is 5.41. The summed E-state index contributed by atoms with van der Waals surface area (Å²) in [6, 6.07) is 2.53. The molecule has 2 aliphatic carbocycles. The molecule has 1 fully saturated rings. The van der Waals surface area contributed by atoms with Gasteiger partial charge in [-0.05, 0) is 56.6 Å². The van der Waals surface area contributed by atoms with Crippen molar-refractivity contribution in [3.8, 4) is 0 Å². The zero-order chi connectivity index (χ0) is 12.0. The summed E-state index contributed by atoms with van der Waals surface area (Å²) in [5.74, 6) is 0.972. The average molecular weight is 249 g/mol. The average Bonchev–Trinajstić information content (AvgIpc) is 2.94. The Morgan fingerprint density at radius 3 is 2.88 bits per heavy atom. The first-order valence-corrected chi connectivity index (χ1v) is 7.37. The lowest BCUT2D eigenvalue weighted by Crippen LogP contribution is -2.36. The smallest absolute Gasteiger partial charge is 0.263 e. The third kappa shape index (κ3) is 2.01. The second-order valence-corrected chi connectivity index (χ2v) is 6.54. The standard InChI is InChI=1S/C14H19NOS/c1-9(10-6-7-10)15(2)14(16)13-8-11-4-3-5-12(11)17-13/h8-10H,3-7H2,1-2H3. The first kappa shape index (κ1) is 11.3. The van der Waals surface area contributed by atoms with E-state index in [1.807, 2.05) is 11.9 Å². The molecule has 2 aliphatic rings. The molecule has 0 spiro atoms. The Labute approximate surface area is 107 Å². The monoisotopic (exact) mass is 249 g/mol. The minimum atomic E-state index is 0.226. The number of rotatable bonds is 3. The fraction of sp³-hybridized carbons (Fsp3) is 0.643. The maximum Gasteiger partial charge on any atom is 0.263 e. The van der Waals surface area contributed by atoms with Gasteiger partial charge >= 0.3 is 0 Å². The summed E-state index contributed by atoms with van der Waals surface area (Å²) in [6.45, 7) is 2.18. The topological polar surface area (TPSA) is 20.3 Å². The number of aryl methyl sites for hydroxylation is 2. The fourth-order valence-electron chi connectivity index (χ4n) is 2.69. The zero-order valence-corrected chi connectivity index (χ0v) is 11.3. The lowest BCUT2D eigenvalue weighted by Gasteiger charge is -2.24. The highest BCUT2D eigenvalue weighted by atomic mass is 32.1. The first-order valence-electron chi connectivity index (χ1n) is 6.55.